The molecule has 1 rings (SSSR count). The lowest BCUT2D eigenvalue weighted by atomic mass is 9.92. The first kappa shape index (κ1) is 15.4. The summed E-state index contributed by atoms with van der Waals surface area (Å²) in [5, 5.41) is 9.07. The second kappa shape index (κ2) is 5.17. The van der Waals surface area contributed by atoms with Gasteiger partial charge in [0.15, 0.2) is 0 Å². The molecule has 0 bridgehead atoms. The van der Waals surface area contributed by atoms with Crippen LogP contribution in [0.15, 0.2) is 0 Å². The van der Waals surface area contributed by atoms with Gasteiger partial charge in [0.1, 0.15) is 0 Å². The summed E-state index contributed by atoms with van der Waals surface area (Å²) in [5.41, 5.74) is -0.476. The van der Waals surface area contributed by atoms with Gasteiger partial charge in [-0.3, -0.25) is 9.69 Å². The number of carboxylic acids is 1. The van der Waals surface area contributed by atoms with Gasteiger partial charge in [-0.15, -0.1) is 0 Å². The van der Waals surface area contributed by atoms with E-state index in [0.29, 0.717) is 5.92 Å². The summed E-state index contributed by atoms with van der Waals surface area (Å²) >= 11 is 0. The molecule has 0 aliphatic carbocycles. The van der Waals surface area contributed by atoms with E-state index in [0.717, 1.165) is 13.0 Å². The molecule has 4 heteroatoms. The highest BCUT2D eigenvalue weighted by Gasteiger charge is 2.48. The van der Waals surface area contributed by atoms with Gasteiger partial charge in [-0.25, -0.2) is 0 Å². The van der Waals surface area contributed by atoms with Crippen molar-refractivity contribution in [2.24, 2.45) is 5.92 Å². The molecule has 1 fully saturated rings. The number of carbonyl (C=O) groups is 1. The van der Waals surface area contributed by atoms with Crippen molar-refractivity contribution in [2.75, 3.05) is 13.1 Å². The lowest BCUT2D eigenvalue weighted by Crippen LogP contribution is -2.49. The number of hydrogen-bond donors (Lipinski definition) is 1. The van der Waals surface area contributed by atoms with Crippen LogP contribution >= 0.6 is 0 Å². The smallest absolute Gasteiger partial charge is 0.317 e. The number of aliphatic carboxylic acids is 1. The first-order valence-electron chi connectivity index (χ1n) is 6.69. The van der Waals surface area contributed by atoms with Crippen LogP contribution in [0.5, 0.6) is 0 Å². The molecule has 1 heterocycles. The van der Waals surface area contributed by atoms with Crippen molar-refractivity contribution in [2.45, 2.75) is 65.2 Å². The van der Waals surface area contributed by atoms with Crippen LogP contribution in [-0.4, -0.2) is 46.3 Å². The minimum Gasteiger partial charge on any atom is -0.480 e. The van der Waals surface area contributed by atoms with Crippen molar-refractivity contribution < 1.29 is 14.6 Å². The van der Waals surface area contributed by atoms with E-state index >= 15 is 0 Å². The van der Waals surface area contributed by atoms with Crippen molar-refractivity contribution in [3.8, 4) is 0 Å². The normalized spacial score (nSPS) is 25.9. The fourth-order valence-corrected chi connectivity index (χ4v) is 3.05. The average molecular weight is 257 g/mol. The van der Waals surface area contributed by atoms with Gasteiger partial charge in [0.2, 0.25) is 0 Å². The maximum atomic E-state index is 11.0. The monoisotopic (exact) mass is 257 g/mol. The molecular formula is C14H27NO3. The predicted octanol–water partition coefficient (Wildman–Crippen LogP) is 2.38. The highest BCUT2D eigenvalue weighted by atomic mass is 16.5. The molecule has 0 aromatic carbocycles. The molecular weight excluding hydrogens is 230 g/mol. The predicted molar refractivity (Wildman–Crippen MR) is 71.7 cm³/mol. The maximum Gasteiger partial charge on any atom is 0.317 e. The molecule has 0 aromatic rings. The second-order valence-electron chi connectivity index (χ2n) is 6.90. The summed E-state index contributed by atoms with van der Waals surface area (Å²) in [6.45, 7) is 13.4. The Hall–Kier alpha value is -0.610. The van der Waals surface area contributed by atoms with E-state index in [1.54, 1.807) is 0 Å². The topological polar surface area (TPSA) is 49.8 Å². The van der Waals surface area contributed by atoms with Crippen molar-refractivity contribution in [3.63, 3.8) is 0 Å². The van der Waals surface area contributed by atoms with Crippen LogP contribution in [0.1, 0.15) is 48.0 Å². The molecule has 1 atom stereocenters. The maximum absolute atomic E-state index is 11.0. The van der Waals surface area contributed by atoms with E-state index in [1.165, 1.54) is 0 Å². The Balaban J connectivity index is 2.87. The molecule has 0 radical (unpaired) electrons. The zero-order valence-electron chi connectivity index (χ0n) is 12.5. The number of hydrogen-bond acceptors (Lipinski definition) is 3. The van der Waals surface area contributed by atoms with Crippen molar-refractivity contribution in [3.05, 3.63) is 0 Å². The summed E-state index contributed by atoms with van der Waals surface area (Å²) in [4.78, 5) is 13.1. The molecule has 106 valence electrons. The van der Waals surface area contributed by atoms with Crippen LogP contribution < -0.4 is 0 Å². The number of carboxylic acid groups (broad SMARTS) is 1. The summed E-state index contributed by atoms with van der Waals surface area (Å²) in [6.07, 6.45) is 0.875. The highest BCUT2D eigenvalue weighted by Crippen LogP contribution is 2.40. The van der Waals surface area contributed by atoms with Gasteiger partial charge in [-0.05, 0) is 40.0 Å². The largest absolute Gasteiger partial charge is 0.480 e. The number of ether oxygens (including phenoxy) is 1. The molecule has 18 heavy (non-hydrogen) atoms. The molecule has 1 unspecified atom stereocenters. The minimum atomic E-state index is -0.767. The van der Waals surface area contributed by atoms with Crippen LogP contribution in [0.4, 0.5) is 0 Å². The Kier molecular flexibility index (Phi) is 4.44. The van der Waals surface area contributed by atoms with Crippen LogP contribution in [0.3, 0.4) is 0 Å². The van der Waals surface area contributed by atoms with Gasteiger partial charge in [0, 0.05) is 12.6 Å². The molecule has 1 aliphatic rings. The van der Waals surface area contributed by atoms with E-state index in [4.69, 9.17) is 9.84 Å². The quantitative estimate of drug-likeness (QED) is 0.821. The van der Waals surface area contributed by atoms with Gasteiger partial charge in [-0.1, -0.05) is 13.8 Å². The van der Waals surface area contributed by atoms with E-state index in [-0.39, 0.29) is 23.8 Å². The van der Waals surface area contributed by atoms with E-state index in [9.17, 15) is 4.79 Å². The number of nitrogens with zero attached hydrogens (tertiary/aromatic N) is 1. The van der Waals surface area contributed by atoms with Crippen LogP contribution in [0.2, 0.25) is 0 Å². The Morgan fingerprint density at radius 3 is 2.28 bits per heavy atom. The molecule has 1 N–H and O–H groups in total. The van der Waals surface area contributed by atoms with Crippen molar-refractivity contribution >= 4 is 5.97 Å². The Labute approximate surface area is 110 Å². The van der Waals surface area contributed by atoms with Crippen LogP contribution in [-0.2, 0) is 9.53 Å². The average Bonchev–Trinajstić information content (AvgIpc) is 2.31. The van der Waals surface area contributed by atoms with Gasteiger partial charge >= 0.3 is 5.97 Å². The van der Waals surface area contributed by atoms with Crippen LogP contribution in [0.25, 0.3) is 0 Å². The third-order valence-corrected chi connectivity index (χ3v) is 3.41. The first-order valence-corrected chi connectivity index (χ1v) is 6.69. The van der Waals surface area contributed by atoms with Gasteiger partial charge in [0.05, 0.1) is 17.7 Å². The summed E-state index contributed by atoms with van der Waals surface area (Å²) in [5.74, 6) is -0.319. The van der Waals surface area contributed by atoms with Crippen LogP contribution in [0, 0.1) is 5.92 Å². The highest BCUT2D eigenvalue weighted by molar-refractivity contribution is 5.69. The van der Waals surface area contributed by atoms with Gasteiger partial charge < -0.3 is 9.84 Å². The van der Waals surface area contributed by atoms with Crippen molar-refractivity contribution in [1.29, 1.82) is 0 Å². The van der Waals surface area contributed by atoms with Gasteiger partial charge in [0.25, 0.3) is 0 Å². The van der Waals surface area contributed by atoms with E-state index < -0.39 is 5.97 Å². The SMILES string of the molecule is CC(C)CN(CC(=O)O)C1CC(C)(C)OC1(C)C. The lowest BCUT2D eigenvalue weighted by molar-refractivity contribution is -0.140. The third-order valence-electron chi connectivity index (χ3n) is 3.41. The Morgan fingerprint density at radius 1 is 1.39 bits per heavy atom. The van der Waals surface area contributed by atoms with E-state index in [2.05, 4.69) is 46.4 Å². The fourth-order valence-electron chi connectivity index (χ4n) is 3.05. The fraction of sp³-hybridized carbons (Fsp3) is 0.929. The zero-order valence-corrected chi connectivity index (χ0v) is 12.5. The lowest BCUT2D eigenvalue weighted by Gasteiger charge is -2.36. The van der Waals surface area contributed by atoms with Gasteiger partial charge in [-0.2, -0.15) is 0 Å². The molecule has 0 amide bonds. The van der Waals surface area contributed by atoms with Crippen molar-refractivity contribution in [1.82, 2.24) is 4.90 Å². The number of rotatable bonds is 5. The molecule has 4 nitrogen and oxygen atoms in total. The standard InChI is InChI=1S/C14H27NO3/c1-10(2)8-15(9-12(16)17)11-7-13(3,4)18-14(11,5)6/h10-11H,7-9H2,1-6H3,(H,16,17). The molecule has 0 spiro atoms. The molecule has 1 saturated heterocycles. The summed E-state index contributed by atoms with van der Waals surface area (Å²) in [6, 6.07) is 0.158. The first-order chi connectivity index (χ1) is 8.03. The summed E-state index contributed by atoms with van der Waals surface area (Å²) in [7, 11) is 0. The second-order valence-corrected chi connectivity index (χ2v) is 6.90. The summed E-state index contributed by atoms with van der Waals surface area (Å²) < 4.78 is 6.06. The molecule has 0 saturated carbocycles. The zero-order chi connectivity index (χ0) is 14.1. The van der Waals surface area contributed by atoms with E-state index in [1.807, 2.05) is 0 Å². The molecule has 1 aliphatic heterocycles. The third kappa shape index (κ3) is 3.95. The Bertz CT molecular complexity index is 310. The minimum absolute atomic E-state index is 0.0890. The molecule has 0 aromatic heterocycles. The Morgan fingerprint density at radius 2 is 1.94 bits per heavy atom.